The smallest absolute Gasteiger partial charge is 0.266 e. The first-order valence-corrected chi connectivity index (χ1v) is 10.6. The molecule has 31 heavy (non-hydrogen) atoms. The Balaban J connectivity index is 1.98. The van der Waals surface area contributed by atoms with Crippen molar-refractivity contribution in [3.05, 3.63) is 52.9 Å². The summed E-state index contributed by atoms with van der Waals surface area (Å²) >= 11 is 1.34. The summed E-state index contributed by atoms with van der Waals surface area (Å²) < 4.78 is 21.4. The average Bonchev–Trinajstić information content (AvgIpc) is 3.08. The second-order valence-electron chi connectivity index (χ2n) is 6.59. The van der Waals surface area contributed by atoms with Gasteiger partial charge in [-0.25, -0.2) is 4.99 Å². The Labute approximate surface area is 186 Å². The lowest BCUT2D eigenvalue weighted by Gasteiger charge is -2.15. The van der Waals surface area contributed by atoms with Gasteiger partial charge in [0, 0.05) is 31.9 Å². The number of carbonyl (C=O) groups is 1. The number of carbonyl (C=O) groups excluding carboxylic acids is 1. The highest BCUT2D eigenvalue weighted by atomic mass is 32.2. The van der Waals surface area contributed by atoms with Crippen LogP contribution in [-0.4, -0.2) is 57.6 Å². The number of nitrogens with zero attached hydrogens (tertiary/aromatic N) is 2. The van der Waals surface area contributed by atoms with Crippen LogP contribution in [-0.2, 0) is 9.53 Å². The van der Waals surface area contributed by atoms with Crippen LogP contribution in [0.25, 0.3) is 6.08 Å². The highest BCUT2D eigenvalue weighted by molar-refractivity contribution is 8.18. The van der Waals surface area contributed by atoms with Crippen molar-refractivity contribution >= 4 is 34.6 Å². The van der Waals surface area contributed by atoms with E-state index in [1.165, 1.54) is 11.8 Å². The lowest BCUT2D eigenvalue weighted by atomic mass is 10.1. The molecule has 1 heterocycles. The van der Waals surface area contributed by atoms with E-state index in [-0.39, 0.29) is 5.91 Å². The predicted molar refractivity (Wildman–Crippen MR) is 123 cm³/mol. The molecule has 0 radical (unpaired) electrons. The van der Waals surface area contributed by atoms with Crippen LogP contribution >= 0.6 is 11.8 Å². The fourth-order valence-electron chi connectivity index (χ4n) is 3.08. The molecule has 0 spiro atoms. The number of hydrogen-bond acceptors (Lipinski definition) is 7. The van der Waals surface area contributed by atoms with E-state index in [1.54, 1.807) is 51.5 Å². The Morgan fingerprint density at radius 2 is 1.65 bits per heavy atom. The SMILES string of the molecule is COCCCN1C(=O)/C(=C\c2cc(OC)c(OC)cc2OC)SC1=Nc1ccccc1. The topological polar surface area (TPSA) is 69.6 Å². The van der Waals surface area contributed by atoms with Crippen molar-refractivity contribution in [2.24, 2.45) is 4.99 Å². The Bertz CT molecular complexity index is 975. The summed E-state index contributed by atoms with van der Waals surface area (Å²) in [7, 11) is 6.36. The summed E-state index contributed by atoms with van der Waals surface area (Å²) in [5, 5.41) is 0.637. The average molecular weight is 443 g/mol. The van der Waals surface area contributed by atoms with Crippen LogP contribution in [0.4, 0.5) is 5.69 Å². The molecule has 8 heteroatoms. The minimum absolute atomic E-state index is 0.104. The molecule has 164 valence electrons. The standard InChI is InChI=1S/C23H26N2O5S/c1-27-12-8-11-25-22(26)21(31-23(25)24-17-9-6-5-7-10-17)14-16-13-19(29-3)20(30-4)15-18(16)28-2/h5-7,9-10,13-15H,8,11-12H2,1-4H3/b21-14+,24-23?. The van der Waals surface area contributed by atoms with Crippen molar-refractivity contribution in [2.75, 3.05) is 41.6 Å². The third-order valence-electron chi connectivity index (χ3n) is 4.62. The van der Waals surface area contributed by atoms with E-state index < -0.39 is 0 Å². The van der Waals surface area contributed by atoms with Gasteiger partial charge in [0.25, 0.3) is 5.91 Å². The van der Waals surface area contributed by atoms with E-state index >= 15 is 0 Å². The first-order chi connectivity index (χ1) is 15.1. The second-order valence-corrected chi connectivity index (χ2v) is 7.60. The molecule has 0 bridgehead atoms. The van der Waals surface area contributed by atoms with Crippen LogP contribution in [0.1, 0.15) is 12.0 Å². The molecular formula is C23H26N2O5S. The van der Waals surface area contributed by atoms with Gasteiger partial charge in [0.1, 0.15) is 5.75 Å². The zero-order valence-electron chi connectivity index (χ0n) is 18.1. The van der Waals surface area contributed by atoms with Gasteiger partial charge in [0.2, 0.25) is 0 Å². The fraction of sp³-hybridized carbons (Fsp3) is 0.304. The number of amides is 1. The van der Waals surface area contributed by atoms with Gasteiger partial charge in [-0.2, -0.15) is 0 Å². The predicted octanol–water partition coefficient (Wildman–Crippen LogP) is 4.35. The van der Waals surface area contributed by atoms with Gasteiger partial charge >= 0.3 is 0 Å². The monoisotopic (exact) mass is 442 g/mol. The number of aliphatic imine (C=N–C) groups is 1. The van der Waals surface area contributed by atoms with E-state index in [0.717, 1.165) is 5.69 Å². The maximum atomic E-state index is 13.2. The van der Waals surface area contributed by atoms with E-state index in [0.29, 0.717) is 52.5 Å². The van der Waals surface area contributed by atoms with E-state index in [2.05, 4.69) is 0 Å². The minimum atomic E-state index is -0.104. The summed E-state index contributed by atoms with van der Waals surface area (Å²) in [5.41, 5.74) is 1.51. The molecule has 0 aliphatic carbocycles. The molecule has 1 aliphatic heterocycles. The Kier molecular flexibility index (Phi) is 7.97. The number of amidine groups is 1. The number of hydrogen-bond donors (Lipinski definition) is 0. The molecule has 1 fully saturated rings. The van der Waals surface area contributed by atoms with Crippen molar-refractivity contribution in [3.8, 4) is 17.2 Å². The van der Waals surface area contributed by atoms with Crippen molar-refractivity contribution < 1.29 is 23.7 Å². The van der Waals surface area contributed by atoms with Gasteiger partial charge in [-0.15, -0.1) is 0 Å². The highest BCUT2D eigenvalue weighted by Gasteiger charge is 2.33. The molecular weight excluding hydrogens is 416 g/mol. The van der Waals surface area contributed by atoms with Gasteiger partial charge in [-0.1, -0.05) is 18.2 Å². The lowest BCUT2D eigenvalue weighted by Crippen LogP contribution is -2.30. The quantitative estimate of drug-likeness (QED) is 0.425. The number of methoxy groups -OCH3 is 4. The van der Waals surface area contributed by atoms with Crippen LogP contribution in [0.15, 0.2) is 52.4 Å². The van der Waals surface area contributed by atoms with Crippen LogP contribution in [0, 0.1) is 0 Å². The molecule has 7 nitrogen and oxygen atoms in total. The minimum Gasteiger partial charge on any atom is -0.496 e. The number of rotatable bonds is 9. The summed E-state index contributed by atoms with van der Waals surface area (Å²) in [4.78, 5) is 20.1. The second kappa shape index (κ2) is 10.9. The van der Waals surface area contributed by atoms with Crippen LogP contribution < -0.4 is 14.2 Å². The number of benzene rings is 2. The molecule has 0 saturated carbocycles. The first kappa shape index (κ1) is 22.7. The molecule has 0 atom stereocenters. The Morgan fingerprint density at radius 1 is 0.968 bits per heavy atom. The van der Waals surface area contributed by atoms with Crippen LogP contribution in [0.3, 0.4) is 0 Å². The highest BCUT2D eigenvalue weighted by Crippen LogP contribution is 2.39. The molecule has 0 N–H and O–H groups in total. The Hall–Kier alpha value is -2.97. The van der Waals surface area contributed by atoms with Gasteiger partial charge in [0.15, 0.2) is 16.7 Å². The summed E-state index contributed by atoms with van der Waals surface area (Å²) in [6.07, 6.45) is 2.51. The van der Waals surface area contributed by atoms with Crippen molar-refractivity contribution in [2.45, 2.75) is 6.42 Å². The number of ether oxygens (including phenoxy) is 4. The molecule has 0 aromatic heterocycles. The molecule has 1 amide bonds. The van der Waals surface area contributed by atoms with Gasteiger partial charge in [-0.3, -0.25) is 9.69 Å². The molecule has 2 aromatic carbocycles. The Morgan fingerprint density at radius 3 is 2.29 bits per heavy atom. The number of para-hydroxylation sites is 1. The van der Waals surface area contributed by atoms with E-state index in [9.17, 15) is 4.79 Å². The lowest BCUT2D eigenvalue weighted by molar-refractivity contribution is -0.122. The molecule has 1 aliphatic rings. The number of thioether (sulfide) groups is 1. The van der Waals surface area contributed by atoms with Gasteiger partial charge in [0.05, 0.1) is 31.9 Å². The third kappa shape index (κ3) is 5.39. The van der Waals surface area contributed by atoms with Crippen LogP contribution in [0.2, 0.25) is 0 Å². The van der Waals surface area contributed by atoms with Gasteiger partial charge in [-0.05, 0) is 42.5 Å². The summed E-state index contributed by atoms with van der Waals surface area (Å²) in [5.74, 6) is 1.59. The van der Waals surface area contributed by atoms with Crippen molar-refractivity contribution in [1.29, 1.82) is 0 Å². The maximum absolute atomic E-state index is 13.2. The normalized spacial score (nSPS) is 16.3. The molecule has 1 saturated heterocycles. The fourth-order valence-corrected chi connectivity index (χ4v) is 4.09. The molecule has 0 unspecified atom stereocenters. The van der Waals surface area contributed by atoms with Crippen molar-refractivity contribution in [3.63, 3.8) is 0 Å². The van der Waals surface area contributed by atoms with Crippen LogP contribution in [0.5, 0.6) is 17.2 Å². The van der Waals surface area contributed by atoms with Gasteiger partial charge < -0.3 is 18.9 Å². The van der Waals surface area contributed by atoms with E-state index in [4.69, 9.17) is 23.9 Å². The third-order valence-corrected chi connectivity index (χ3v) is 5.63. The maximum Gasteiger partial charge on any atom is 0.266 e. The molecule has 3 rings (SSSR count). The summed E-state index contributed by atoms with van der Waals surface area (Å²) in [6, 6.07) is 13.1. The largest absolute Gasteiger partial charge is 0.496 e. The van der Waals surface area contributed by atoms with Crippen molar-refractivity contribution in [1.82, 2.24) is 4.90 Å². The molecule has 2 aromatic rings. The first-order valence-electron chi connectivity index (χ1n) is 9.75. The zero-order valence-corrected chi connectivity index (χ0v) is 18.9. The van der Waals surface area contributed by atoms with E-state index in [1.807, 2.05) is 30.3 Å². The zero-order chi connectivity index (χ0) is 22.2. The summed E-state index contributed by atoms with van der Waals surface area (Å²) in [6.45, 7) is 1.08.